The zero-order valence-corrected chi connectivity index (χ0v) is 15.6. The summed E-state index contributed by atoms with van der Waals surface area (Å²) in [6.45, 7) is 3.60. The smallest absolute Gasteiger partial charge is 0.225 e. The van der Waals surface area contributed by atoms with Gasteiger partial charge in [-0.15, -0.1) is 0 Å². The van der Waals surface area contributed by atoms with Crippen molar-refractivity contribution >= 4 is 11.8 Å². The van der Waals surface area contributed by atoms with Gasteiger partial charge in [0.2, 0.25) is 11.8 Å². The molecule has 2 saturated heterocycles. The van der Waals surface area contributed by atoms with Crippen LogP contribution in [0.2, 0.25) is 0 Å². The zero-order chi connectivity index (χ0) is 18.2. The Balaban J connectivity index is 1.38. The molecule has 2 aliphatic rings. The highest BCUT2D eigenvalue weighted by Gasteiger charge is 2.30. The maximum atomic E-state index is 12.7. The number of benzene rings is 1. The molecule has 2 heterocycles. The van der Waals surface area contributed by atoms with Crippen LogP contribution in [0.4, 0.5) is 0 Å². The third-order valence-corrected chi connectivity index (χ3v) is 5.44. The zero-order valence-electron chi connectivity index (χ0n) is 15.6. The van der Waals surface area contributed by atoms with E-state index in [0.717, 1.165) is 44.5 Å². The van der Waals surface area contributed by atoms with Gasteiger partial charge >= 0.3 is 0 Å². The van der Waals surface area contributed by atoms with Crippen LogP contribution in [0.3, 0.4) is 0 Å². The second-order valence-corrected chi connectivity index (χ2v) is 7.31. The second-order valence-electron chi connectivity index (χ2n) is 7.31. The van der Waals surface area contributed by atoms with Crippen LogP contribution in [0.1, 0.15) is 44.9 Å². The third kappa shape index (κ3) is 5.23. The minimum absolute atomic E-state index is 0.0951. The SMILES string of the molecule is O=C(CCOc1ccccc1)N1CCC(C(=O)N2CCCCCC2)CC1. The van der Waals surface area contributed by atoms with E-state index in [9.17, 15) is 9.59 Å². The average Bonchev–Trinajstić information content (AvgIpc) is 2.98. The summed E-state index contributed by atoms with van der Waals surface area (Å²) in [7, 11) is 0. The second kappa shape index (κ2) is 9.60. The first-order valence-electron chi connectivity index (χ1n) is 9.98. The van der Waals surface area contributed by atoms with Crippen molar-refractivity contribution in [1.82, 2.24) is 9.80 Å². The summed E-state index contributed by atoms with van der Waals surface area (Å²) >= 11 is 0. The molecule has 1 aromatic carbocycles. The van der Waals surface area contributed by atoms with E-state index in [0.29, 0.717) is 32.0 Å². The molecule has 142 valence electrons. The number of hydrogen-bond donors (Lipinski definition) is 0. The Morgan fingerprint density at radius 3 is 2.19 bits per heavy atom. The summed E-state index contributed by atoms with van der Waals surface area (Å²) in [5, 5.41) is 0. The lowest BCUT2D eigenvalue weighted by atomic mass is 9.95. The quantitative estimate of drug-likeness (QED) is 0.813. The van der Waals surface area contributed by atoms with Crippen LogP contribution >= 0.6 is 0 Å². The van der Waals surface area contributed by atoms with Crippen LogP contribution in [0, 0.1) is 5.92 Å². The van der Waals surface area contributed by atoms with Crippen LogP contribution < -0.4 is 4.74 Å². The Labute approximate surface area is 156 Å². The van der Waals surface area contributed by atoms with Crippen molar-refractivity contribution in [3.8, 4) is 5.75 Å². The Morgan fingerprint density at radius 1 is 0.885 bits per heavy atom. The number of rotatable bonds is 5. The fraction of sp³-hybridized carbons (Fsp3) is 0.619. The van der Waals surface area contributed by atoms with Crippen molar-refractivity contribution in [1.29, 1.82) is 0 Å². The molecular formula is C21H30N2O3. The van der Waals surface area contributed by atoms with Gasteiger partial charge in [-0.2, -0.15) is 0 Å². The lowest BCUT2D eigenvalue weighted by Gasteiger charge is -2.34. The number of para-hydroxylation sites is 1. The lowest BCUT2D eigenvalue weighted by molar-refractivity contribution is -0.141. The van der Waals surface area contributed by atoms with Crippen molar-refractivity contribution in [3.05, 3.63) is 30.3 Å². The van der Waals surface area contributed by atoms with Gasteiger partial charge in [-0.3, -0.25) is 9.59 Å². The van der Waals surface area contributed by atoms with Gasteiger partial charge in [-0.05, 0) is 37.8 Å². The highest BCUT2D eigenvalue weighted by atomic mass is 16.5. The number of hydrogen-bond acceptors (Lipinski definition) is 3. The Kier molecular flexibility index (Phi) is 6.92. The number of nitrogens with zero attached hydrogens (tertiary/aromatic N) is 2. The van der Waals surface area contributed by atoms with Crippen LogP contribution in [-0.4, -0.2) is 54.4 Å². The number of carbonyl (C=O) groups is 2. The van der Waals surface area contributed by atoms with Gasteiger partial charge < -0.3 is 14.5 Å². The summed E-state index contributed by atoms with van der Waals surface area (Å²) in [6, 6.07) is 9.57. The van der Waals surface area contributed by atoms with Crippen molar-refractivity contribution in [2.24, 2.45) is 5.92 Å². The van der Waals surface area contributed by atoms with Crippen molar-refractivity contribution in [2.45, 2.75) is 44.9 Å². The van der Waals surface area contributed by atoms with E-state index in [-0.39, 0.29) is 11.8 Å². The molecule has 2 aliphatic heterocycles. The first-order chi connectivity index (χ1) is 12.7. The number of piperidine rings is 1. The summed E-state index contributed by atoms with van der Waals surface area (Å²) in [5.41, 5.74) is 0. The summed E-state index contributed by atoms with van der Waals surface area (Å²) < 4.78 is 5.61. The molecule has 2 fully saturated rings. The van der Waals surface area contributed by atoms with E-state index in [2.05, 4.69) is 4.90 Å². The van der Waals surface area contributed by atoms with E-state index >= 15 is 0 Å². The molecule has 0 unspecified atom stereocenters. The van der Waals surface area contributed by atoms with Gasteiger partial charge in [0.05, 0.1) is 13.0 Å². The van der Waals surface area contributed by atoms with Gasteiger partial charge in [0, 0.05) is 32.1 Å². The summed E-state index contributed by atoms with van der Waals surface area (Å²) in [5.74, 6) is 1.33. The molecule has 0 N–H and O–H groups in total. The number of ether oxygens (including phenoxy) is 1. The molecule has 0 saturated carbocycles. The highest BCUT2D eigenvalue weighted by molar-refractivity contribution is 5.80. The average molecular weight is 358 g/mol. The maximum absolute atomic E-state index is 12.7. The number of amides is 2. The molecule has 0 radical (unpaired) electrons. The third-order valence-electron chi connectivity index (χ3n) is 5.44. The molecule has 0 atom stereocenters. The molecule has 5 heteroatoms. The first kappa shape index (κ1) is 18.7. The molecule has 0 aliphatic carbocycles. The fourth-order valence-corrected chi connectivity index (χ4v) is 3.86. The standard InChI is InChI=1S/C21H30N2O3/c24-20(12-17-26-19-8-4-3-5-9-19)22-15-10-18(11-16-22)21(25)23-13-6-1-2-7-14-23/h3-5,8-9,18H,1-2,6-7,10-17H2. The van der Waals surface area contributed by atoms with E-state index in [1.54, 1.807) is 0 Å². The van der Waals surface area contributed by atoms with Crippen LogP contribution in [0.5, 0.6) is 5.75 Å². The van der Waals surface area contributed by atoms with Gasteiger partial charge in [-0.25, -0.2) is 0 Å². The molecule has 0 bridgehead atoms. The molecular weight excluding hydrogens is 328 g/mol. The Hall–Kier alpha value is -2.04. The predicted octanol–water partition coefficient (Wildman–Crippen LogP) is 3.10. The molecule has 26 heavy (non-hydrogen) atoms. The van der Waals surface area contributed by atoms with E-state index < -0.39 is 0 Å². The van der Waals surface area contributed by atoms with Crippen molar-refractivity contribution in [3.63, 3.8) is 0 Å². The van der Waals surface area contributed by atoms with Gasteiger partial charge in [0.15, 0.2) is 0 Å². The van der Waals surface area contributed by atoms with Crippen molar-refractivity contribution < 1.29 is 14.3 Å². The molecule has 0 spiro atoms. The van der Waals surface area contributed by atoms with Gasteiger partial charge in [0.1, 0.15) is 5.75 Å². The molecule has 2 amide bonds. The molecule has 0 aromatic heterocycles. The molecule has 3 rings (SSSR count). The van der Waals surface area contributed by atoms with E-state index in [1.807, 2.05) is 35.2 Å². The lowest BCUT2D eigenvalue weighted by Crippen LogP contribution is -2.44. The highest BCUT2D eigenvalue weighted by Crippen LogP contribution is 2.22. The van der Waals surface area contributed by atoms with Crippen LogP contribution in [-0.2, 0) is 9.59 Å². The monoisotopic (exact) mass is 358 g/mol. The first-order valence-corrected chi connectivity index (χ1v) is 9.98. The minimum atomic E-state index is 0.0951. The molecule has 1 aromatic rings. The normalized spacial score (nSPS) is 19.1. The van der Waals surface area contributed by atoms with Crippen LogP contribution in [0.25, 0.3) is 0 Å². The Bertz CT molecular complexity index is 574. The fourth-order valence-electron chi connectivity index (χ4n) is 3.86. The van der Waals surface area contributed by atoms with Crippen molar-refractivity contribution in [2.75, 3.05) is 32.8 Å². The topological polar surface area (TPSA) is 49.9 Å². The van der Waals surface area contributed by atoms with Gasteiger partial charge in [-0.1, -0.05) is 31.0 Å². The Morgan fingerprint density at radius 2 is 1.54 bits per heavy atom. The van der Waals surface area contributed by atoms with Gasteiger partial charge in [0.25, 0.3) is 0 Å². The maximum Gasteiger partial charge on any atom is 0.225 e. The number of carbonyl (C=O) groups excluding carboxylic acids is 2. The molecule has 5 nitrogen and oxygen atoms in total. The minimum Gasteiger partial charge on any atom is -0.493 e. The number of likely N-dealkylation sites (tertiary alicyclic amines) is 2. The van der Waals surface area contributed by atoms with Crippen LogP contribution in [0.15, 0.2) is 30.3 Å². The largest absolute Gasteiger partial charge is 0.493 e. The van der Waals surface area contributed by atoms with E-state index in [1.165, 1.54) is 12.8 Å². The predicted molar refractivity (Wildman–Crippen MR) is 101 cm³/mol. The summed E-state index contributed by atoms with van der Waals surface area (Å²) in [6.07, 6.45) is 6.71. The van der Waals surface area contributed by atoms with E-state index in [4.69, 9.17) is 4.74 Å². The summed E-state index contributed by atoms with van der Waals surface area (Å²) in [4.78, 5) is 29.0.